The van der Waals surface area contributed by atoms with Crippen molar-refractivity contribution in [2.24, 2.45) is 10.8 Å². The SMILES string of the molecule is CC(C(C)(CC[Si](C)(C)OC[Si](C)(C)CCC(C)(C(C)(C)O[Si](C)(C)C)C(C)(C)[Si](C)(C)C)C(C)(C)O[Si](C)(C)C)[Si](C)(C)C. The maximum atomic E-state index is 7.12. The molecule has 3 atom stereocenters. The molecule has 0 spiro atoms. The molecular formula is C36H86O3Si6. The molecular weight excluding hydrogens is 649 g/mol. The highest BCUT2D eigenvalue weighted by atomic mass is 28.4. The van der Waals surface area contributed by atoms with Gasteiger partial charge >= 0.3 is 0 Å². The summed E-state index contributed by atoms with van der Waals surface area (Å²) in [5, 5.41) is 0.227. The van der Waals surface area contributed by atoms with Crippen molar-refractivity contribution in [3.05, 3.63) is 0 Å². The van der Waals surface area contributed by atoms with Crippen molar-refractivity contribution in [2.75, 3.05) is 6.23 Å². The van der Waals surface area contributed by atoms with Crippen LogP contribution in [0, 0.1) is 10.8 Å². The molecule has 0 radical (unpaired) electrons. The summed E-state index contributed by atoms with van der Waals surface area (Å²) in [6, 6.07) is 2.47. The molecule has 9 heteroatoms. The van der Waals surface area contributed by atoms with E-state index < -0.39 is 49.2 Å². The molecule has 0 aromatic carbocycles. The first-order valence-corrected chi connectivity index (χ1v) is 38.7. The zero-order chi connectivity index (χ0) is 36.7. The van der Waals surface area contributed by atoms with Gasteiger partial charge in [0.25, 0.3) is 0 Å². The van der Waals surface area contributed by atoms with Crippen molar-refractivity contribution in [1.29, 1.82) is 0 Å². The summed E-state index contributed by atoms with van der Waals surface area (Å²) in [7, 11) is -9.84. The highest BCUT2D eigenvalue weighted by Crippen LogP contribution is 2.62. The van der Waals surface area contributed by atoms with Crippen LogP contribution in [0.1, 0.15) is 75.2 Å². The smallest absolute Gasteiger partial charge is 0.186 e. The maximum absolute atomic E-state index is 7.12. The van der Waals surface area contributed by atoms with E-state index in [1.54, 1.807) is 0 Å². The van der Waals surface area contributed by atoms with E-state index in [0.717, 1.165) is 6.23 Å². The number of rotatable bonds is 19. The van der Waals surface area contributed by atoms with E-state index in [-0.39, 0.29) is 27.1 Å². The summed E-state index contributed by atoms with van der Waals surface area (Å²) < 4.78 is 21.2. The van der Waals surface area contributed by atoms with Crippen LogP contribution >= 0.6 is 0 Å². The summed E-state index contributed by atoms with van der Waals surface area (Å²) in [4.78, 5) is 0. The second-order valence-electron chi connectivity index (χ2n) is 22.4. The van der Waals surface area contributed by atoms with Gasteiger partial charge in [0.2, 0.25) is 0 Å². The van der Waals surface area contributed by atoms with Gasteiger partial charge in [-0.15, -0.1) is 0 Å². The van der Waals surface area contributed by atoms with Crippen LogP contribution < -0.4 is 0 Å². The zero-order valence-corrected chi connectivity index (χ0v) is 41.8. The standard InChI is InChI=1S/C36H86O3Si6/c1-31(40(10,11)12)35(8,32(2,3)38-42(16,17)18)26-29-45(24,25)37-30-44(22,23)28-27-36(9,34(6,7)41(13,14)15)33(4,5)39-43(19,20)21/h31H,26-30H2,1-25H3. The summed E-state index contributed by atoms with van der Waals surface area (Å²) in [5.74, 6) is 0. The molecule has 272 valence electrons. The molecule has 0 aromatic heterocycles. The molecule has 0 aliphatic heterocycles. The molecule has 0 heterocycles. The van der Waals surface area contributed by atoms with Gasteiger partial charge in [-0.25, -0.2) is 0 Å². The van der Waals surface area contributed by atoms with Crippen molar-refractivity contribution in [3.63, 3.8) is 0 Å². The van der Waals surface area contributed by atoms with Crippen molar-refractivity contribution in [2.45, 2.75) is 214 Å². The molecule has 0 N–H and O–H groups in total. The molecule has 3 nitrogen and oxygen atoms in total. The van der Waals surface area contributed by atoms with Crippen LogP contribution in [0.2, 0.25) is 127 Å². The first kappa shape index (κ1) is 46.2. The van der Waals surface area contributed by atoms with Gasteiger partial charge < -0.3 is 13.3 Å². The Labute approximate surface area is 292 Å². The van der Waals surface area contributed by atoms with Gasteiger partial charge in [0, 0.05) is 14.3 Å². The summed E-state index contributed by atoms with van der Waals surface area (Å²) in [5.41, 5.74) is 0.515. The molecule has 3 unspecified atom stereocenters. The second kappa shape index (κ2) is 14.4. The Kier molecular flexibility index (Phi) is 14.8. The predicted octanol–water partition coefficient (Wildman–Crippen LogP) is 13.4. The molecule has 45 heavy (non-hydrogen) atoms. The van der Waals surface area contributed by atoms with Crippen molar-refractivity contribution in [1.82, 2.24) is 0 Å². The van der Waals surface area contributed by atoms with Crippen LogP contribution in [0.15, 0.2) is 0 Å². The Morgan fingerprint density at radius 3 is 1.29 bits per heavy atom. The van der Waals surface area contributed by atoms with Crippen LogP contribution in [0.5, 0.6) is 0 Å². The van der Waals surface area contributed by atoms with E-state index >= 15 is 0 Å². The molecule has 0 bridgehead atoms. The highest BCUT2D eigenvalue weighted by molar-refractivity contribution is 6.80. The van der Waals surface area contributed by atoms with Gasteiger partial charge in [-0.2, -0.15) is 0 Å². The zero-order valence-electron chi connectivity index (χ0n) is 35.8. The topological polar surface area (TPSA) is 27.7 Å². The largest absolute Gasteiger partial charge is 0.421 e. The minimum absolute atomic E-state index is 0.0821. The van der Waals surface area contributed by atoms with Crippen LogP contribution in [0.3, 0.4) is 0 Å². The van der Waals surface area contributed by atoms with Gasteiger partial charge in [-0.1, -0.05) is 93.0 Å². The Balaban J connectivity index is 6.11. The minimum atomic E-state index is -1.88. The van der Waals surface area contributed by atoms with Crippen LogP contribution in [-0.4, -0.2) is 66.6 Å². The van der Waals surface area contributed by atoms with Crippen molar-refractivity contribution < 1.29 is 13.3 Å². The molecule has 0 aliphatic rings. The maximum Gasteiger partial charge on any atom is 0.186 e. The predicted molar refractivity (Wildman–Crippen MR) is 223 cm³/mol. The van der Waals surface area contributed by atoms with Crippen LogP contribution in [0.25, 0.3) is 0 Å². The van der Waals surface area contributed by atoms with Gasteiger partial charge in [0.15, 0.2) is 25.0 Å². The normalized spacial score (nSPS) is 18.9. The third kappa shape index (κ3) is 12.5. The Bertz CT molecular complexity index is 948. The number of hydrogen-bond acceptors (Lipinski definition) is 3. The highest BCUT2D eigenvalue weighted by Gasteiger charge is 2.58. The third-order valence-electron chi connectivity index (χ3n) is 12.7. The van der Waals surface area contributed by atoms with Crippen molar-refractivity contribution >= 4 is 49.2 Å². The Morgan fingerprint density at radius 2 is 0.933 bits per heavy atom. The van der Waals surface area contributed by atoms with E-state index in [4.69, 9.17) is 13.3 Å². The molecule has 0 aromatic rings. The van der Waals surface area contributed by atoms with E-state index in [9.17, 15) is 0 Å². The van der Waals surface area contributed by atoms with Crippen molar-refractivity contribution in [3.8, 4) is 0 Å². The lowest BCUT2D eigenvalue weighted by Gasteiger charge is -2.60. The minimum Gasteiger partial charge on any atom is -0.421 e. The van der Waals surface area contributed by atoms with Crippen LogP contribution in [-0.2, 0) is 13.3 Å². The summed E-state index contributed by atoms with van der Waals surface area (Å²) in [6.45, 7) is 61.8. The lowest BCUT2D eigenvalue weighted by Crippen LogP contribution is -2.60. The van der Waals surface area contributed by atoms with E-state index in [1.165, 1.54) is 24.9 Å². The Hall–Kier alpha value is 1.18. The van der Waals surface area contributed by atoms with Gasteiger partial charge in [0.05, 0.1) is 27.3 Å². The average molecular weight is 736 g/mol. The first-order valence-electron chi connectivity index (χ1n) is 18.2. The second-order valence-corrected chi connectivity index (χ2v) is 52.0. The molecule has 0 aliphatic carbocycles. The fourth-order valence-corrected chi connectivity index (χ4v) is 21.4. The lowest BCUT2D eigenvalue weighted by atomic mass is 9.65. The average Bonchev–Trinajstić information content (AvgIpc) is 2.74. The van der Waals surface area contributed by atoms with E-state index in [1.807, 2.05) is 0 Å². The quantitative estimate of drug-likeness (QED) is 0.124. The summed E-state index contributed by atoms with van der Waals surface area (Å²) in [6.07, 6.45) is 3.36. The fourth-order valence-electron chi connectivity index (χ4n) is 7.63. The van der Waals surface area contributed by atoms with E-state index in [0.29, 0.717) is 5.54 Å². The van der Waals surface area contributed by atoms with Gasteiger partial charge in [0.1, 0.15) is 0 Å². The molecule has 0 fully saturated rings. The molecule has 0 saturated heterocycles. The Morgan fingerprint density at radius 1 is 0.533 bits per heavy atom. The lowest BCUT2D eigenvalue weighted by molar-refractivity contribution is -0.0566. The van der Waals surface area contributed by atoms with Gasteiger partial charge in [-0.3, -0.25) is 0 Å². The fraction of sp³-hybridized carbons (Fsp3) is 1.00. The summed E-state index contributed by atoms with van der Waals surface area (Å²) >= 11 is 0. The first-order chi connectivity index (χ1) is 19.2. The van der Waals surface area contributed by atoms with E-state index in [2.05, 4.69) is 167 Å². The third-order valence-corrected chi connectivity index (χ3v) is 27.7. The molecule has 0 rings (SSSR count). The monoisotopic (exact) mass is 735 g/mol. The molecule has 0 amide bonds. The van der Waals surface area contributed by atoms with Gasteiger partial charge in [-0.05, 0) is 120 Å². The van der Waals surface area contributed by atoms with Crippen LogP contribution in [0.4, 0.5) is 0 Å². The molecule has 0 saturated carbocycles. The number of hydrogen-bond donors (Lipinski definition) is 0.